The van der Waals surface area contributed by atoms with Crippen LogP contribution in [-0.4, -0.2) is 100 Å². The number of ether oxygens (including phenoxy) is 1. The topological polar surface area (TPSA) is 106 Å². The first kappa shape index (κ1) is 29.4. The van der Waals surface area contributed by atoms with Gasteiger partial charge in [-0.3, -0.25) is 9.21 Å². The summed E-state index contributed by atoms with van der Waals surface area (Å²) in [5.74, 6) is 0.0840. The molecule has 43 heavy (non-hydrogen) atoms. The smallest absolute Gasteiger partial charge is 0.232 e. The number of anilines is 6. The summed E-state index contributed by atoms with van der Waals surface area (Å²) in [6, 6.07) is 12.0. The number of likely N-dealkylation sites (N-methyl/N-ethyl adjacent to an activating group) is 1. The Kier molecular flexibility index (Phi) is 8.29. The van der Waals surface area contributed by atoms with Gasteiger partial charge in [0.25, 0.3) is 0 Å². The lowest BCUT2D eigenvalue weighted by Crippen LogP contribution is -2.52. The Labute approximate surface area is 252 Å². The van der Waals surface area contributed by atoms with Crippen LogP contribution in [0, 0.1) is 5.82 Å². The number of benzene rings is 2. The van der Waals surface area contributed by atoms with Crippen LogP contribution in [0.5, 0.6) is 5.75 Å². The van der Waals surface area contributed by atoms with Gasteiger partial charge in [-0.15, -0.1) is 0 Å². The summed E-state index contributed by atoms with van der Waals surface area (Å²) < 4.78 is 46.7. The highest BCUT2D eigenvalue weighted by atomic mass is 32.2. The molecular formula is C30H39FN8O3S. The molecule has 0 atom stereocenters. The van der Waals surface area contributed by atoms with Crippen LogP contribution >= 0.6 is 0 Å². The third-order valence-electron chi connectivity index (χ3n) is 8.67. The van der Waals surface area contributed by atoms with E-state index in [1.807, 2.05) is 24.3 Å². The Morgan fingerprint density at radius 1 is 0.977 bits per heavy atom. The molecule has 230 valence electrons. The first-order valence-corrected chi connectivity index (χ1v) is 16.6. The van der Waals surface area contributed by atoms with Gasteiger partial charge < -0.3 is 25.2 Å². The summed E-state index contributed by atoms with van der Waals surface area (Å²) in [4.78, 5) is 15.9. The second-order valence-electron chi connectivity index (χ2n) is 11.5. The van der Waals surface area contributed by atoms with Crippen molar-refractivity contribution in [2.45, 2.75) is 25.3 Å². The fraction of sp³-hybridized carbons (Fsp3) is 0.467. The van der Waals surface area contributed by atoms with Crippen LogP contribution in [0.4, 0.5) is 38.9 Å². The second-order valence-corrected chi connectivity index (χ2v) is 13.4. The molecule has 3 aromatic rings. The van der Waals surface area contributed by atoms with Crippen molar-refractivity contribution in [2.24, 2.45) is 0 Å². The minimum absolute atomic E-state index is 0.0648. The van der Waals surface area contributed by atoms with Gasteiger partial charge in [-0.2, -0.15) is 4.98 Å². The SMILES string of the molecule is COc1cc(N2CCC(N3CCN(C)CC3)CC2)ccc1Nc1ncc(F)c(Nc2cccc3c2N(S(C)(=O)=O)CC3)n1. The maximum absolute atomic E-state index is 14.9. The van der Waals surface area contributed by atoms with E-state index in [1.165, 1.54) is 10.6 Å². The van der Waals surface area contributed by atoms with Gasteiger partial charge >= 0.3 is 0 Å². The normalized spacial score (nSPS) is 18.5. The molecule has 0 radical (unpaired) electrons. The third kappa shape index (κ3) is 6.34. The van der Waals surface area contributed by atoms with Crippen molar-refractivity contribution in [3.05, 3.63) is 54.0 Å². The zero-order chi connectivity index (χ0) is 30.1. The quantitative estimate of drug-likeness (QED) is 0.393. The van der Waals surface area contributed by atoms with Crippen LogP contribution in [0.1, 0.15) is 18.4 Å². The molecule has 2 N–H and O–H groups in total. The van der Waals surface area contributed by atoms with Gasteiger partial charge in [-0.05, 0) is 50.1 Å². The molecule has 0 amide bonds. The van der Waals surface area contributed by atoms with Crippen molar-refractivity contribution in [1.29, 1.82) is 0 Å². The number of piperidine rings is 1. The number of halogens is 1. The molecule has 0 spiro atoms. The minimum Gasteiger partial charge on any atom is -0.494 e. The Balaban J connectivity index is 1.15. The molecule has 0 bridgehead atoms. The number of fused-ring (bicyclic) bond motifs is 1. The third-order valence-corrected chi connectivity index (χ3v) is 9.83. The molecule has 0 aliphatic carbocycles. The monoisotopic (exact) mass is 610 g/mol. The maximum atomic E-state index is 14.9. The number of hydrogen-bond donors (Lipinski definition) is 2. The van der Waals surface area contributed by atoms with Gasteiger partial charge in [0.2, 0.25) is 16.0 Å². The molecule has 2 saturated heterocycles. The van der Waals surface area contributed by atoms with Gasteiger partial charge in [0.1, 0.15) is 5.75 Å². The van der Waals surface area contributed by atoms with Crippen LogP contribution in [0.15, 0.2) is 42.6 Å². The van der Waals surface area contributed by atoms with Crippen molar-refractivity contribution in [2.75, 3.05) is 86.1 Å². The first-order chi connectivity index (χ1) is 20.7. The van der Waals surface area contributed by atoms with E-state index in [-0.39, 0.29) is 11.8 Å². The van der Waals surface area contributed by atoms with Gasteiger partial charge in [0.05, 0.1) is 36.6 Å². The van der Waals surface area contributed by atoms with E-state index in [4.69, 9.17) is 4.74 Å². The van der Waals surface area contributed by atoms with Crippen LogP contribution in [0.3, 0.4) is 0 Å². The van der Waals surface area contributed by atoms with Crippen molar-refractivity contribution >= 4 is 44.5 Å². The molecule has 6 rings (SSSR count). The molecule has 13 heteroatoms. The van der Waals surface area contributed by atoms with E-state index < -0.39 is 15.8 Å². The Morgan fingerprint density at radius 3 is 2.47 bits per heavy atom. The number of methoxy groups -OCH3 is 1. The van der Waals surface area contributed by atoms with Crippen molar-refractivity contribution < 1.29 is 17.5 Å². The molecule has 2 fully saturated rings. The number of para-hydroxylation sites is 1. The second kappa shape index (κ2) is 12.1. The summed E-state index contributed by atoms with van der Waals surface area (Å²) >= 11 is 0. The molecule has 3 aliphatic rings. The minimum atomic E-state index is -3.49. The lowest BCUT2D eigenvalue weighted by atomic mass is 10.0. The van der Waals surface area contributed by atoms with E-state index in [9.17, 15) is 12.8 Å². The first-order valence-electron chi connectivity index (χ1n) is 14.7. The molecule has 0 saturated carbocycles. The summed E-state index contributed by atoms with van der Waals surface area (Å²) in [5.41, 5.74) is 3.59. The lowest BCUT2D eigenvalue weighted by Gasteiger charge is -2.42. The average Bonchev–Trinajstić information content (AvgIpc) is 3.46. The predicted molar refractivity (Wildman–Crippen MR) is 168 cm³/mol. The molecule has 3 aliphatic heterocycles. The standard InChI is InChI=1S/C30H39FN8O3S/c1-36-15-17-38(18-16-36)22-10-12-37(13-11-22)23-7-8-25(27(19-23)42-2)34-30-32-20-24(31)29(35-30)33-26-6-4-5-21-9-14-39(28(21)26)43(3,40)41/h4-8,19-20,22H,9-18H2,1-3H3,(H2,32,33,34,35). The van der Waals surface area contributed by atoms with Crippen molar-refractivity contribution in [1.82, 2.24) is 19.8 Å². The Bertz CT molecular complexity index is 1570. The molecule has 2 aromatic carbocycles. The number of nitrogens with one attached hydrogen (secondary N) is 2. The largest absolute Gasteiger partial charge is 0.494 e. The zero-order valence-corrected chi connectivity index (χ0v) is 25.7. The summed E-state index contributed by atoms with van der Waals surface area (Å²) in [6.45, 7) is 6.88. The Hall–Kier alpha value is -3.68. The molecule has 1 aromatic heterocycles. The van der Waals surface area contributed by atoms with Crippen LogP contribution < -0.4 is 24.6 Å². The molecule has 11 nitrogen and oxygen atoms in total. The fourth-order valence-corrected chi connectivity index (χ4v) is 7.24. The van der Waals surface area contributed by atoms with Gasteiger partial charge in [-0.25, -0.2) is 17.8 Å². The predicted octanol–water partition coefficient (Wildman–Crippen LogP) is 3.65. The highest BCUT2D eigenvalue weighted by Crippen LogP contribution is 2.39. The summed E-state index contributed by atoms with van der Waals surface area (Å²) in [7, 11) is 0.321. The number of hydrogen-bond acceptors (Lipinski definition) is 10. The maximum Gasteiger partial charge on any atom is 0.232 e. The number of piperazine rings is 1. The van der Waals surface area contributed by atoms with E-state index in [0.717, 1.165) is 69.6 Å². The Morgan fingerprint density at radius 2 is 1.74 bits per heavy atom. The van der Waals surface area contributed by atoms with Crippen molar-refractivity contribution in [3.8, 4) is 5.75 Å². The lowest BCUT2D eigenvalue weighted by molar-refractivity contribution is 0.0982. The van der Waals surface area contributed by atoms with Crippen LogP contribution in [-0.2, 0) is 16.4 Å². The van der Waals surface area contributed by atoms with Gasteiger partial charge in [0, 0.05) is 63.6 Å². The van der Waals surface area contributed by atoms with E-state index in [1.54, 1.807) is 13.2 Å². The molecule has 0 unspecified atom stereocenters. The molecule has 4 heterocycles. The van der Waals surface area contributed by atoms with Crippen LogP contribution in [0.25, 0.3) is 0 Å². The highest BCUT2D eigenvalue weighted by Gasteiger charge is 2.30. The number of nitrogens with zero attached hydrogens (tertiary/aromatic N) is 6. The number of aromatic nitrogens is 2. The summed E-state index contributed by atoms with van der Waals surface area (Å²) in [5, 5.41) is 6.15. The fourth-order valence-electron chi connectivity index (χ4n) is 6.27. The van der Waals surface area contributed by atoms with Gasteiger partial charge in [0.15, 0.2) is 11.6 Å². The number of sulfonamides is 1. The van der Waals surface area contributed by atoms with Gasteiger partial charge in [-0.1, -0.05) is 12.1 Å². The zero-order valence-electron chi connectivity index (χ0n) is 24.9. The van der Waals surface area contributed by atoms with E-state index >= 15 is 0 Å². The average molecular weight is 611 g/mol. The molecular weight excluding hydrogens is 571 g/mol. The van der Waals surface area contributed by atoms with Crippen LogP contribution in [0.2, 0.25) is 0 Å². The van der Waals surface area contributed by atoms with Crippen molar-refractivity contribution in [3.63, 3.8) is 0 Å². The highest BCUT2D eigenvalue weighted by molar-refractivity contribution is 7.92. The number of rotatable bonds is 8. The van der Waals surface area contributed by atoms with E-state index in [2.05, 4.69) is 48.4 Å². The van der Waals surface area contributed by atoms with E-state index in [0.29, 0.717) is 41.8 Å². The summed E-state index contributed by atoms with van der Waals surface area (Å²) in [6.07, 6.45) is 5.11.